The molecule has 0 aliphatic carbocycles. The van der Waals surface area contributed by atoms with Crippen molar-refractivity contribution in [1.82, 2.24) is 15.3 Å². The summed E-state index contributed by atoms with van der Waals surface area (Å²) >= 11 is 1.23. The Kier molecular flexibility index (Phi) is 4.36. The van der Waals surface area contributed by atoms with Crippen molar-refractivity contribution >= 4 is 49.2 Å². The lowest BCUT2D eigenvalue weighted by molar-refractivity contribution is -0.0486. The summed E-state index contributed by atoms with van der Waals surface area (Å²) in [5, 5.41) is 7.15. The Labute approximate surface area is 156 Å². The molecular formula is C18H14F2N4O2S. The van der Waals surface area contributed by atoms with Crippen LogP contribution in [0, 0.1) is 0 Å². The first-order valence-corrected chi connectivity index (χ1v) is 8.81. The van der Waals surface area contributed by atoms with Gasteiger partial charge in [0.25, 0.3) is 5.91 Å². The van der Waals surface area contributed by atoms with Gasteiger partial charge in [0.15, 0.2) is 5.13 Å². The molecule has 9 heteroatoms. The maximum Gasteiger partial charge on any atom is 0.387 e. The normalized spacial score (nSPS) is 11.3. The average molecular weight is 388 g/mol. The van der Waals surface area contributed by atoms with Crippen molar-refractivity contribution in [3.8, 4) is 5.75 Å². The predicted molar refractivity (Wildman–Crippen MR) is 101 cm³/mol. The number of fused-ring (bicyclic) bond motifs is 2. The number of carbonyl (C=O) groups excluding carboxylic acids is 1. The summed E-state index contributed by atoms with van der Waals surface area (Å²) in [5.41, 5.74) is 2.64. The highest BCUT2D eigenvalue weighted by Crippen LogP contribution is 2.36. The van der Waals surface area contributed by atoms with Crippen LogP contribution in [0.5, 0.6) is 5.75 Å². The Bertz CT molecular complexity index is 1140. The van der Waals surface area contributed by atoms with Crippen molar-refractivity contribution in [2.75, 3.05) is 12.4 Å². The maximum atomic E-state index is 12.5. The summed E-state index contributed by atoms with van der Waals surface area (Å²) in [6.07, 6.45) is 0. The number of nitrogens with one attached hydrogen (secondary N) is 3. The first-order chi connectivity index (χ1) is 13.0. The zero-order valence-electron chi connectivity index (χ0n) is 14.0. The molecule has 0 unspecified atom stereocenters. The summed E-state index contributed by atoms with van der Waals surface area (Å²) in [5.74, 6) is -0.0946. The molecule has 27 heavy (non-hydrogen) atoms. The topological polar surface area (TPSA) is 79.0 Å². The number of carbonyl (C=O) groups is 1. The molecular weight excluding hydrogens is 374 g/mol. The highest BCUT2D eigenvalue weighted by atomic mass is 32.1. The van der Waals surface area contributed by atoms with Gasteiger partial charge in [-0.25, -0.2) is 4.98 Å². The molecule has 2 aromatic heterocycles. The van der Waals surface area contributed by atoms with Crippen molar-refractivity contribution in [3.63, 3.8) is 0 Å². The number of aromatic nitrogens is 2. The number of ether oxygens (including phenoxy) is 1. The smallest absolute Gasteiger partial charge is 0.387 e. The number of thiazole rings is 1. The van der Waals surface area contributed by atoms with Crippen molar-refractivity contribution < 1.29 is 18.3 Å². The molecule has 4 rings (SSSR count). The van der Waals surface area contributed by atoms with Crippen LogP contribution in [0.15, 0.2) is 42.5 Å². The number of aromatic amines is 1. The summed E-state index contributed by atoms with van der Waals surface area (Å²) in [7, 11) is 1.57. The highest BCUT2D eigenvalue weighted by Gasteiger charge is 2.13. The lowest BCUT2D eigenvalue weighted by atomic mass is 10.2. The van der Waals surface area contributed by atoms with Gasteiger partial charge in [0, 0.05) is 23.6 Å². The van der Waals surface area contributed by atoms with Gasteiger partial charge in [-0.2, -0.15) is 8.78 Å². The van der Waals surface area contributed by atoms with Crippen molar-refractivity contribution in [2.24, 2.45) is 0 Å². The zero-order chi connectivity index (χ0) is 19.0. The Morgan fingerprint density at radius 1 is 1.26 bits per heavy atom. The molecule has 0 spiro atoms. The lowest BCUT2D eigenvalue weighted by Gasteiger charge is -2.03. The van der Waals surface area contributed by atoms with Crippen molar-refractivity contribution in [3.05, 3.63) is 48.2 Å². The largest absolute Gasteiger partial charge is 0.433 e. The number of halogens is 2. The van der Waals surface area contributed by atoms with Gasteiger partial charge in [-0.15, -0.1) is 0 Å². The van der Waals surface area contributed by atoms with Crippen LogP contribution in [0.25, 0.3) is 21.1 Å². The number of rotatable bonds is 5. The number of H-pyrrole nitrogens is 1. The Morgan fingerprint density at radius 2 is 2.11 bits per heavy atom. The average Bonchev–Trinajstić information content (AvgIpc) is 3.24. The van der Waals surface area contributed by atoms with E-state index in [4.69, 9.17) is 0 Å². The molecule has 0 saturated heterocycles. The number of alkyl halides is 2. The number of anilines is 2. The molecule has 138 valence electrons. The van der Waals surface area contributed by atoms with Crippen LogP contribution in [-0.2, 0) is 0 Å². The van der Waals surface area contributed by atoms with Gasteiger partial charge in [-0.3, -0.25) is 4.79 Å². The van der Waals surface area contributed by atoms with E-state index in [0.717, 1.165) is 16.6 Å². The van der Waals surface area contributed by atoms with Crippen LogP contribution in [-0.4, -0.2) is 29.5 Å². The lowest BCUT2D eigenvalue weighted by Crippen LogP contribution is -2.17. The second-order valence-corrected chi connectivity index (χ2v) is 6.69. The van der Waals surface area contributed by atoms with E-state index in [0.29, 0.717) is 21.0 Å². The van der Waals surface area contributed by atoms with E-state index in [1.54, 1.807) is 25.2 Å². The second-order valence-electron chi connectivity index (χ2n) is 5.69. The number of amides is 1. The fourth-order valence-electron chi connectivity index (χ4n) is 2.76. The van der Waals surface area contributed by atoms with Crippen LogP contribution < -0.4 is 15.4 Å². The third-order valence-electron chi connectivity index (χ3n) is 3.94. The standard InChI is InChI=1S/C18H14F2N4O2S/c1-21-16(25)13-8-9-7-10(5-6-11(9)23-13)22-18-24-12-3-2-4-14(15(12)27-18)26-17(19)20/h2-8,17,23H,1H3,(H,21,25)(H,22,24). The van der Waals surface area contributed by atoms with Crippen LogP contribution in [0.2, 0.25) is 0 Å². The van der Waals surface area contributed by atoms with Gasteiger partial charge in [0.05, 0.1) is 10.2 Å². The van der Waals surface area contributed by atoms with Crippen molar-refractivity contribution in [2.45, 2.75) is 6.61 Å². The van der Waals surface area contributed by atoms with Gasteiger partial charge in [0.2, 0.25) is 0 Å². The SMILES string of the molecule is CNC(=O)c1cc2cc(Nc3nc4cccc(OC(F)F)c4s3)ccc2[nH]1. The van der Waals surface area contributed by atoms with E-state index < -0.39 is 6.61 Å². The highest BCUT2D eigenvalue weighted by molar-refractivity contribution is 7.22. The summed E-state index contributed by atoms with van der Waals surface area (Å²) in [4.78, 5) is 19.2. The van der Waals surface area contributed by atoms with E-state index in [-0.39, 0.29) is 11.7 Å². The van der Waals surface area contributed by atoms with E-state index in [1.165, 1.54) is 17.4 Å². The molecule has 4 aromatic rings. The van der Waals surface area contributed by atoms with Gasteiger partial charge in [0.1, 0.15) is 11.4 Å². The van der Waals surface area contributed by atoms with E-state index in [2.05, 4.69) is 25.3 Å². The fraction of sp³-hybridized carbons (Fsp3) is 0.111. The molecule has 0 bridgehead atoms. The molecule has 0 fully saturated rings. The fourth-order valence-corrected chi connectivity index (χ4v) is 3.70. The Morgan fingerprint density at radius 3 is 2.89 bits per heavy atom. The molecule has 0 aliphatic heterocycles. The van der Waals surface area contributed by atoms with Gasteiger partial charge in [-0.1, -0.05) is 17.4 Å². The molecule has 3 N–H and O–H groups in total. The molecule has 0 atom stereocenters. The van der Waals surface area contributed by atoms with Crippen LogP contribution in [0.1, 0.15) is 10.5 Å². The van der Waals surface area contributed by atoms with Gasteiger partial charge >= 0.3 is 6.61 Å². The minimum Gasteiger partial charge on any atom is -0.433 e. The first kappa shape index (κ1) is 17.2. The third-order valence-corrected chi connectivity index (χ3v) is 4.94. The number of hydrogen-bond donors (Lipinski definition) is 3. The summed E-state index contributed by atoms with van der Waals surface area (Å²) in [6.45, 7) is -2.89. The molecule has 2 heterocycles. The van der Waals surface area contributed by atoms with Gasteiger partial charge in [-0.05, 0) is 36.4 Å². The summed E-state index contributed by atoms with van der Waals surface area (Å²) in [6, 6.07) is 12.2. The number of nitrogens with zero attached hydrogens (tertiary/aromatic N) is 1. The number of hydrogen-bond acceptors (Lipinski definition) is 5. The molecule has 0 aliphatic rings. The molecule has 0 radical (unpaired) electrons. The quantitative estimate of drug-likeness (QED) is 0.471. The molecule has 6 nitrogen and oxygen atoms in total. The minimum absolute atomic E-state index is 0.101. The molecule has 1 amide bonds. The van der Waals surface area contributed by atoms with E-state index in [9.17, 15) is 13.6 Å². The molecule has 2 aromatic carbocycles. The van der Waals surface area contributed by atoms with E-state index >= 15 is 0 Å². The first-order valence-electron chi connectivity index (χ1n) is 8.00. The Hall–Kier alpha value is -3.20. The van der Waals surface area contributed by atoms with Gasteiger partial charge < -0.3 is 20.4 Å². The molecule has 0 saturated carbocycles. The monoisotopic (exact) mass is 388 g/mol. The minimum atomic E-state index is -2.89. The third kappa shape index (κ3) is 3.41. The maximum absolute atomic E-state index is 12.5. The van der Waals surface area contributed by atoms with Crippen LogP contribution in [0.3, 0.4) is 0 Å². The van der Waals surface area contributed by atoms with Crippen LogP contribution >= 0.6 is 11.3 Å². The predicted octanol–water partition coefficient (Wildman–Crippen LogP) is 4.48. The second kappa shape index (κ2) is 6.84. The summed E-state index contributed by atoms with van der Waals surface area (Å²) < 4.78 is 30.2. The van der Waals surface area contributed by atoms with Crippen LogP contribution in [0.4, 0.5) is 19.6 Å². The Balaban J connectivity index is 1.64. The number of benzene rings is 2. The van der Waals surface area contributed by atoms with E-state index in [1.807, 2.05) is 18.2 Å². The van der Waals surface area contributed by atoms with Crippen molar-refractivity contribution in [1.29, 1.82) is 0 Å². The zero-order valence-corrected chi connectivity index (χ0v) is 14.9.